The van der Waals surface area contributed by atoms with E-state index < -0.39 is 0 Å². The molecule has 0 spiro atoms. The monoisotopic (exact) mass is 280 g/mol. The summed E-state index contributed by atoms with van der Waals surface area (Å²) in [6.45, 7) is 10.6. The van der Waals surface area contributed by atoms with Crippen LogP contribution in [-0.2, 0) is 11.8 Å². The van der Waals surface area contributed by atoms with Crippen molar-refractivity contribution in [2.75, 3.05) is 0 Å². The highest BCUT2D eigenvalue weighted by atomic mass is 16.1. The highest BCUT2D eigenvalue weighted by Gasteiger charge is 2.15. The molecule has 21 heavy (non-hydrogen) atoms. The number of carbonyl (C=O) groups excluding carboxylic acids is 1. The van der Waals surface area contributed by atoms with E-state index in [1.165, 1.54) is 5.56 Å². The van der Waals surface area contributed by atoms with Gasteiger partial charge in [0.2, 0.25) is 0 Å². The van der Waals surface area contributed by atoms with Crippen molar-refractivity contribution in [3.8, 4) is 0 Å². The van der Waals surface area contributed by atoms with Gasteiger partial charge in [0.25, 0.3) is 0 Å². The first-order valence-electron chi connectivity index (χ1n) is 7.48. The third-order valence-electron chi connectivity index (χ3n) is 3.94. The van der Waals surface area contributed by atoms with E-state index in [-0.39, 0.29) is 11.2 Å². The Morgan fingerprint density at radius 3 is 1.90 bits per heavy atom. The molecule has 2 rings (SSSR count). The van der Waals surface area contributed by atoms with Crippen LogP contribution in [0.4, 0.5) is 0 Å². The van der Waals surface area contributed by atoms with Gasteiger partial charge in [-0.3, -0.25) is 4.79 Å². The largest absolute Gasteiger partial charge is 0.294 e. The first-order chi connectivity index (χ1) is 9.79. The van der Waals surface area contributed by atoms with Gasteiger partial charge in [-0.05, 0) is 41.5 Å². The van der Waals surface area contributed by atoms with Gasteiger partial charge in [0.15, 0.2) is 5.78 Å². The Morgan fingerprint density at radius 2 is 1.43 bits per heavy atom. The lowest BCUT2D eigenvalue weighted by molar-refractivity contribution is 0.0992. The SMILES string of the molecule is Cc1cccc(C)c1C(=O)Cc1ccc(C(C)(C)C)cc1. The van der Waals surface area contributed by atoms with Crippen molar-refractivity contribution in [3.63, 3.8) is 0 Å². The zero-order valence-electron chi connectivity index (χ0n) is 13.7. The molecule has 0 amide bonds. The van der Waals surface area contributed by atoms with Gasteiger partial charge in [-0.2, -0.15) is 0 Å². The molecule has 0 aromatic heterocycles. The summed E-state index contributed by atoms with van der Waals surface area (Å²) in [7, 11) is 0. The summed E-state index contributed by atoms with van der Waals surface area (Å²) >= 11 is 0. The van der Waals surface area contributed by atoms with Gasteiger partial charge in [0, 0.05) is 12.0 Å². The molecule has 0 heterocycles. The maximum Gasteiger partial charge on any atom is 0.167 e. The summed E-state index contributed by atoms with van der Waals surface area (Å²) in [4.78, 5) is 12.5. The van der Waals surface area contributed by atoms with Crippen LogP contribution in [0.25, 0.3) is 0 Å². The van der Waals surface area contributed by atoms with Crippen molar-refractivity contribution >= 4 is 5.78 Å². The Balaban J connectivity index is 2.21. The van der Waals surface area contributed by atoms with E-state index in [4.69, 9.17) is 0 Å². The highest BCUT2D eigenvalue weighted by molar-refractivity contribution is 6.00. The van der Waals surface area contributed by atoms with E-state index >= 15 is 0 Å². The minimum atomic E-state index is 0.148. The lowest BCUT2D eigenvalue weighted by atomic mass is 9.86. The van der Waals surface area contributed by atoms with Gasteiger partial charge in [-0.25, -0.2) is 0 Å². The maximum absolute atomic E-state index is 12.5. The summed E-state index contributed by atoms with van der Waals surface area (Å²) in [6.07, 6.45) is 0.468. The number of aryl methyl sites for hydroxylation is 2. The zero-order valence-corrected chi connectivity index (χ0v) is 13.7. The second-order valence-electron chi connectivity index (χ2n) is 6.81. The van der Waals surface area contributed by atoms with Gasteiger partial charge in [0.05, 0.1) is 0 Å². The molecular formula is C20H24O. The summed E-state index contributed by atoms with van der Waals surface area (Å²) in [5.74, 6) is 0.203. The molecule has 1 nitrogen and oxygen atoms in total. The van der Waals surface area contributed by atoms with Crippen molar-refractivity contribution in [3.05, 3.63) is 70.3 Å². The van der Waals surface area contributed by atoms with E-state index in [1.54, 1.807) is 0 Å². The predicted molar refractivity (Wildman–Crippen MR) is 89.1 cm³/mol. The van der Waals surface area contributed by atoms with Crippen LogP contribution in [0.15, 0.2) is 42.5 Å². The minimum Gasteiger partial charge on any atom is -0.294 e. The molecule has 0 bridgehead atoms. The Morgan fingerprint density at radius 1 is 0.905 bits per heavy atom. The molecule has 0 atom stereocenters. The zero-order chi connectivity index (χ0) is 15.6. The first kappa shape index (κ1) is 15.5. The number of ketones is 1. The molecule has 0 saturated carbocycles. The molecule has 0 N–H and O–H groups in total. The number of hydrogen-bond donors (Lipinski definition) is 0. The van der Waals surface area contributed by atoms with E-state index in [1.807, 2.05) is 32.0 Å². The van der Waals surface area contributed by atoms with Gasteiger partial charge in [0.1, 0.15) is 0 Å². The summed E-state index contributed by atoms with van der Waals surface area (Å²) in [5.41, 5.74) is 5.52. The number of carbonyl (C=O) groups is 1. The van der Waals surface area contributed by atoms with Crippen molar-refractivity contribution in [2.45, 2.75) is 46.5 Å². The Kier molecular flexibility index (Phi) is 4.32. The molecule has 0 saturated heterocycles. The fraction of sp³-hybridized carbons (Fsp3) is 0.350. The second kappa shape index (κ2) is 5.85. The molecule has 2 aromatic rings. The summed E-state index contributed by atoms with van der Waals surface area (Å²) < 4.78 is 0. The Labute approximate surface area is 128 Å². The van der Waals surface area contributed by atoms with Gasteiger partial charge < -0.3 is 0 Å². The van der Waals surface area contributed by atoms with Gasteiger partial charge >= 0.3 is 0 Å². The molecular weight excluding hydrogens is 256 g/mol. The average molecular weight is 280 g/mol. The second-order valence-corrected chi connectivity index (χ2v) is 6.81. The molecule has 0 aliphatic heterocycles. The quantitative estimate of drug-likeness (QED) is 0.721. The number of rotatable bonds is 3. The van der Waals surface area contributed by atoms with Crippen LogP contribution in [0.5, 0.6) is 0 Å². The molecule has 0 aliphatic carbocycles. The molecule has 2 aromatic carbocycles. The predicted octanol–water partition coefficient (Wildman–Crippen LogP) is 5.03. The van der Waals surface area contributed by atoms with Crippen LogP contribution >= 0.6 is 0 Å². The third-order valence-corrected chi connectivity index (χ3v) is 3.94. The fourth-order valence-electron chi connectivity index (χ4n) is 2.65. The normalized spacial score (nSPS) is 11.5. The summed E-state index contributed by atoms with van der Waals surface area (Å²) in [6, 6.07) is 14.4. The van der Waals surface area contributed by atoms with E-state index in [9.17, 15) is 4.79 Å². The Bertz CT molecular complexity index is 622. The lowest BCUT2D eigenvalue weighted by Gasteiger charge is -2.19. The third kappa shape index (κ3) is 3.60. The number of Topliss-reactive ketones (excluding diaryl/α,β-unsaturated/α-hetero) is 1. The minimum absolute atomic E-state index is 0.148. The fourth-order valence-corrected chi connectivity index (χ4v) is 2.65. The van der Waals surface area contributed by atoms with Crippen molar-refractivity contribution in [1.82, 2.24) is 0 Å². The van der Waals surface area contributed by atoms with E-state index in [0.717, 1.165) is 22.3 Å². The molecule has 0 fully saturated rings. The van der Waals surface area contributed by atoms with Crippen LogP contribution in [0.3, 0.4) is 0 Å². The highest BCUT2D eigenvalue weighted by Crippen LogP contribution is 2.23. The topological polar surface area (TPSA) is 17.1 Å². The van der Waals surface area contributed by atoms with Crippen molar-refractivity contribution in [1.29, 1.82) is 0 Å². The van der Waals surface area contributed by atoms with Crippen LogP contribution in [0.1, 0.15) is 53.4 Å². The lowest BCUT2D eigenvalue weighted by Crippen LogP contribution is -2.11. The molecule has 110 valence electrons. The number of benzene rings is 2. The Hall–Kier alpha value is -1.89. The molecule has 0 aliphatic rings. The van der Waals surface area contributed by atoms with E-state index in [0.29, 0.717) is 6.42 Å². The van der Waals surface area contributed by atoms with Crippen LogP contribution in [-0.4, -0.2) is 5.78 Å². The van der Waals surface area contributed by atoms with E-state index in [2.05, 4.69) is 45.0 Å². The molecule has 0 unspecified atom stereocenters. The van der Waals surface area contributed by atoms with Gasteiger partial charge in [-0.15, -0.1) is 0 Å². The average Bonchev–Trinajstić information content (AvgIpc) is 2.38. The van der Waals surface area contributed by atoms with Crippen molar-refractivity contribution in [2.24, 2.45) is 0 Å². The van der Waals surface area contributed by atoms with Gasteiger partial charge in [-0.1, -0.05) is 63.2 Å². The first-order valence-corrected chi connectivity index (χ1v) is 7.48. The van der Waals surface area contributed by atoms with Crippen LogP contribution < -0.4 is 0 Å². The maximum atomic E-state index is 12.5. The molecule has 1 heteroatoms. The summed E-state index contributed by atoms with van der Waals surface area (Å²) in [5, 5.41) is 0. The van der Waals surface area contributed by atoms with Crippen molar-refractivity contribution < 1.29 is 4.79 Å². The molecule has 0 radical (unpaired) electrons. The number of hydrogen-bond acceptors (Lipinski definition) is 1. The van der Waals surface area contributed by atoms with Crippen LogP contribution in [0.2, 0.25) is 0 Å². The smallest absolute Gasteiger partial charge is 0.167 e. The van der Waals surface area contributed by atoms with Crippen LogP contribution in [0, 0.1) is 13.8 Å². The standard InChI is InChI=1S/C20H24O/c1-14-7-6-8-15(2)19(14)18(21)13-16-9-11-17(12-10-16)20(3,4)5/h6-12H,13H2,1-5H3.